The smallest absolute Gasteiger partial charge is 0.269 e. The zero-order chi connectivity index (χ0) is 13.8. The number of nitro groups is 1. The Morgan fingerprint density at radius 3 is 2.79 bits per heavy atom. The van der Waals surface area contributed by atoms with Crippen molar-refractivity contribution in [3.05, 3.63) is 62.9 Å². The first-order valence-corrected chi connectivity index (χ1v) is 6.48. The summed E-state index contributed by atoms with van der Waals surface area (Å²) in [5.41, 5.74) is 1.82. The molecule has 1 aromatic carbocycles. The Balaban J connectivity index is 2.15. The van der Waals surface area contributed by atoms with E-state index in [4.69, 9.17) is 0 Å². The topological polar surface area (TPSA) is 68.1 Å². The molecule has 0 fully saturated rings. The van der Waals surface area contributed by atoms with Crippen molar-refractivity contribution in [1.29, 1.82) is 0 Å². The minimum Gasteiger partial charge on any atom is -0.377 e. The van der Waals surface area contributed by atoms with Crippen LogP contribution in [0.15, 0.2) is 47.2 Å². The van der Waals surface area contributed by atoms with Gasteiger partial charge in [-0.25, -0.2) is 4.98 Å². The third kappa shape index (κ3) is 3.51. The minimum atomic E-state index is -0.391. The van der Waals surface area contributed by atoms with Gasteiger partial charge in [0.2, 0.25) is 0 Å². The van der Waals surface area contributed by atoms with E-state index >= 15 is 0 Å². The summed E-state index contributed by atoms with van der Waals surface area (Å²) < 4.78 is 0.765. The van der Waals surface area contributed by atoms with Crippen LogP contribution in [0.25, 0.3) is 0 Å². The quantitative estimate of drug-likeness (QED) is 0.526. The van der Waals surface area contributed by atoms with E-state index in [1.165, 1.54) is 6.07 Å². The standard InChI is InChI=1S/C13H12BrN3O2/c1-9(16-11-5-6-13(14)15-8-11)10-3-2-4-12(7-10)17(18)19/h2-9,16H,1H3. The van der Waals surface area contributed by atoms with Crippen LogP contribution in [0.2, 0.25) is 0 Å². The lowest BCUT2D eigenvalue weighted by atomic mass is 10.1. The molecule has 1 unspecified atom stereocenters. The van der Waals surface area contributed by atoms with Gasteiger partial charge in [0, 0.05) is 18.2 Å². The van der Waals surface area contributed by atoms with Gasteiger partial charge >= 0.3 is 0 Å². The SMILES string of the molecule is CC(Nc1ccc(Br)nc1)c1cccc([N+](=O)[O-])c1. The highest BCUT2D eigenvalue weighted by molar-refractivity contribution is 9.10. The molecular formula is C13H12BrN3O2. The van der Waals surface area contributed by atoms with Crippen LogP contribution >= 0.6 is 15.9 Å². The number of nitrogens with one attached hydrogen (secondary N) is 1. The fourth-order valence-corrected chi connectivity index (χ4v) is 1.94. The van der Waals surface area contributed by atoms with E-state index in [0.29, 0.717) is 0 Å². The van der Waals surface area contributed by atoms with E-state index in [1.54, 1.807) is 18.3 Å². The Labute approximate surface area is 119 Å². The second kappa shape index (κ2) is 5.79. The molecule has 0 saturated carbocycles. The van der Waals surface area contributed by atoms with Gasteiger partial charge in [-0.1, -0.05) is 12.1 Å². The van der Waals surface area contributed by atoms with Crippen molar-refractivity contribution in [3.8, 4) is 0 Å². The number of pyridine rings is 1. The van der Waals surface area contributed by atoms with Gasteiger partial charge in [-0.3, -0.25) is 10.1 Å². The Kier molecular flexibility index (Phi) is 4.11. The average Bonchev–Trinajstić information content (AvgIpc) is 2.41. The van der Waals surface area contributed by atoms with Gasteiger partial charge in [-0.15, -0.1) is 0 Å². The molecule has 1 aromatic heterocycles. The fourth-order valence-electron chi connectivity index (χ4n) is 1.70. The molecule has 0 aliphatic carbocycles. The molecule has 2 aromatic rings. The van der Waals surface area contributed by atoms with Crippen molar-refractivity contribution in [1.82, 2.24) is 4.98 Å². The zero-order valence-corrected chi connectivity index (χ0v) is 11.8. The molecule has 19 heavy (non-hydrogen) atoms. The first kappa shape index (κ1) is 13.5. The van der Waals surface area contributed by atoms with Crippen molar-refractivity contribution >= 4 is 27.3 Å². The minimum absolute atomic E-state index is 0.0390. The number of non-ortho nitro benzene ring substituents is 1. The van der Waals surface area contributed by atoms with Crippen LogP contribution in [0.3, 0.4) is 0 Å². The van der Waals surface area contributed by atoms with Gasteiger partial charge in [0.1, 0.15) is 4.60 Å². The van der Waals surface area contributed by atoms with Gasteiger partial charge in [-0.2, -0.15) is 0 Å². The van der Waals surface area contributed by atoms with Crippen LogP contribution in [-0.2, 0) is 0 Å². The Morgan fingerprint density at radius 2 is 2.16 bits per heavy atom. The van der Waals surface area contributed by atoms with Crippen molar-refractivity contribution in [3.63, 3.8) is 0 Å². The van der Waals surface area contributed by atoms with E-state index in [-0.39, 0.29) is 11.7 Å². The molecule has 1 atom stereocenters. The average molecular weight is 322 g/mol. The lowest BCUT2D eigenvalue weighted by molar-refractivity contribution is -0.384. The van der Waals surface area contributed by atoms with Crippen LogP contribution in [0, 0.1) is 10.1 Å². The molecule has 0 spiro atoms. The van der Waals surface area contributed by atoms with Crippen molar-refractivity contribution in [2.24, 2.45) is 0 Å². The first-order chi connectivity index (χ1) is 9.06. The summed E-state index contributed by atoms with van der Waals surface area (Å²) in [6.45, 7) is 1.95. The Morgan fingerprint density at radius 1 is 1.37 bits per heavy atom. The highest BCUT2D eigenvalue weighted by Crippen LogP contribution is 2.22. The normalized spacial score (nSPS) is 11.9. The lowest BCUT2D eigenvalue weighted by Gasteiger charge is -2.15. The van der Waals surface area contributed by atoms with Crippen LogP contribution < -0.4 is 5.32 Å². The monoisotopic (exact) mass is 321 g/mol. The van der Waals surface area contributed by atoms with Crippen LogP contribution in [0.5, 0.6) is 0 Å². The van der Waals surface area contributed by atoms with E-state index in [0.717, 1.165) is 15.9 Å². The number of anilines is 1. The molecule has 1 N–H and O–H groups in total. The van der Waals surface area contributed by atoms with Crippen LogP contribution in [-0.4, -0.2) is 9.91 Å². The maximum Gasteiger partial charge on any atom is 0.269 e. The second-order valence-electron chi connectivity index (χ2n) is 4.09. The molecule has 0 aliphatic heterocycles. The summed E-state index contributed by atoms with van der Waals surface area (Å²) in [5, 5.41) is 14.0. The zero-order valence-electron chi connectivity index (χ0n) is 10.2. The van der Waals surface area contributed by atoms with Crippen LogP contribution in [0.1, 0.15) is 18.5 Å². The van der Waals surface area contributed by atoms with Gasteiger partial charge in [0.15, 0.2) is 0 Å². The molecule has 5 nitrogen and oxygen atoms in total. The van der Waals surface area contributed by atoms with Gasteiger partial charge in [-0.05, 0) is 40.5 Å². The van der Waals surface area contributed by atoms with Crippen molar-refractivity contribution < 1.29 is 4.92 Å². The number of rotatable bonds is 4. The number of hydrogen-bond donors (Lipinski definition) is 1. The number of hydrogen-bond acceptors (Lipinski definition) is 4. The summed E-state index contributed by atoms with van der Waals surface area (Å²) in [5.74, 6) is 0. The molecule has 0 radical (unpaired) electrons. The number of nitrogens with zero attached hydrogens (tertiary/aromatic N) is 2. The third-order valence-electron chi connectivity index (χ3n) is 2.69. The molecular weight excluding hydrogens is 310 g/mol. The molecule has 6 heteroatoms. The predicted octanol–water partition coefficient (Wildman–Crippen LogP) is 3.93. The highest BCUT2D eigenvalue weighted by Gasteiger charge is 2.10. The van der Waals surface area contributed by atoms with Gasteiger partial charge in [0.05, 0.1) is 16.8 Å². The maximum atomic E-state index is 10.7. The third-order valence-corrected chi connectivity index (χ3v) is 3.16. The van der Waals surface area contributed by atoms with E-state index in [1.807, 2.05) is 25.1 Å². The summed E-state index contributed by atoms with van der Waals surface area (Å²) in [4.78, 5) is 14.5. The number of nitro benzene ring substituents is 1. The summed E-state index contributed by atoms with van der Waals surface area (Å²) >= 11 is 3.27. The predicted molar refractivity (Wildman–Crippen MR) is 77.1 cm³/mol. The van der Waals surface area contributed by atoms with E-state index < -0.39 is 4.92 Å². The number of aromatic nitrogens is 1. The highest BCUT2D eigenvalue weighted by atomic mass is 79.9. The maximum absolute atomic E-state index is 10.7. The largest absolute Gasteiger partial charge is 0.377 e. The molecule has 0 bridgehead atoms. The van der Waals surface area contributed by atoms with E-state index in [2.05, 4.69) is 26.2 Å². The Bertz CT molecular complexity index is 587. The Hall–Kier alpha value is -1.95. The number of benzene rings is 1. The molecule has 0 amide bonds. The van der Waals surface area contributed by atoms with Gasteiger partial charge < -0.3 is 5.32 Å². The van der Waals surface area contributed by atoms with Crippen LogP contribution in [0.4, 0.5) is 11.4 Å². The van der Waals surface area contributed by atoms with Crippen molar-refractivity contribution in [2.75, 3.05) is 5.32 Å². The molecule has 98 valence electrons. The summed E-state index contributed by atoms with van der Waals surface area (Å²) in [6.07, 6.45) is 1.71. The van der Waals surface area contributed by atoms with Gasteiger partial charge in [0.25, 0.3) is 5.69 Å². The summed E-state index contributed by atoms with van der Waals surface area (Å²) in [6, 6.07) is 10.3. The molecule has 2 rings (SSSR count). The lowest BCUT2D eigenvalue weighted by Crippen LogP contribution is -2.07. The summed E-state index contributed by atoms with van der Waals surface area (Å²) in [7, 11) is 0. The second-order valence-corrected chi connectivity index (χ2v) is 4.90. The first-order valence-electron chi connectivity index (χ1n) is 5.68. The molecule has 1 heterocycles. The molecule has 0 aliphatic rings. The van der Waals surface area contributed by atoms with Crippen molar-refractivity contribution in [2.45, 2.75) is 13.0 Å². The molecule has 0 saturated heterocycles. The van der Waals surface area contributed by atoms with E-state index in [9.17, 15) is 10.1 Å². The fraction of sp³-hybridized carbons (Fsp3) is 0.154. The number of halogens is 1.